The molecule has 0 unspecified atom stereocenters. The molecule has 0 aliphatic carbocycles. The third-order valence-corrected chi connectivity index (χ3v) is 5.15. The monoisotopic (exact) mass is 418 g/mol. The fourth-order valence-corrected chi connectivity index (χ4v) is 4.00. The molecule has 152 valence electrons. The third kappa shape index (κ3) is 5.32. The molecule has 2 heterocycles. The molecular formula is C20H20F2N4O2S. The molecule has 2 N–H and O–H groups in total. The van der Waals surface area contributed by atoms with Gasteiger partial charge in [0.05, 0.1) is 12.2 Å². The molecule has 0 radical (unpaired) electrons. The van der Waals surface area contributed by atoms with Crippen molar-refractivity contribution < 1.29 is 18.3 Å². The maximum Gasteiger partial charge on any atom is 0.404 e. The lowest BCUT2D eigenvalue weighted by atomic mass is 10.1. The normalized spacial score (nSPS) is 11.1. The van der Waals surface area contributed by atoms with E-state index in [9.17, 15) is 13.6 Å². The molecule has 0 aliphatic heterocycles. The van der Waals surface area contributed by atoms with Crippen LogP contribution in [0.4, 0.5) is 13.6 Å². The highest BCUT2D eigenvalue weighted by molar-refractivity contribution is 7.99. The lowest BCUT2D eigenvalue weighted by molar-refractivity contribution is 0.145. The molecule has 0 aliphatic rings. The van der Waals surface area contributed by atoms with Crippen molar-refractivity contribution in [3.05, 3.63) is 71.4 Å². The van der Waals surface area contributed by atoms with Crippen LogP contribution in [0.15, 0.2) is 52.6 Å². The lowest BCUT2D eigenvalue weighted by Crippen LogP contribution is -2.15. The summed E-state index contributed by atoms with van der Waals surface area (Å²) in [6.07, 6.45) is 2.43. The minimum absolute atomic E-state index is 0.0296. The molecule has 3 rings (SSSR count). The van der Waals surface area contributed by atoms with E-state index in [1.807, 2.05) is 30.5 Å². The summed E-state index contributed by atoms with van der Waals surface area (Å²) in [5, 5.41) is 0.713. The second-order valence-corrected chi connectivity index (χ2v) is 7.69. The number of nitrogens with two attached hydrogens (primary N) is 1. The van der Waals surface area contributed by atoms with Crippen LogP contribution in [0.5, 0.6) is 0 Å². The van der Waals surface area contributed by atoms with Gasteiger partial charge in [-0.3, -0.25) is 4.98 Å². The van der Waals surface area contributed by atoms with E-state index in [0.717, 1.165) is 17.3 Å². The van der Waals surface area contributed by atoms with E-state index in [0.29, 0.717) is 22.3 Å². The van der Waals surface area contributed by atoms with Gasteiger partial charge in [0.15, 0.2) is 6.61 Å². The Hall–Kier alpha value is -2.94. The topological polar surface area (TPSA) is 83.0 Å². The number of benzene rings is 1. The number of hydrogen-bond acceptors (Lipinski definition) is 5. The number of carbonyl (C=O) groups excluding carboxylic acids is 1. The number of aromatic nitrogens is 3. The average Bonchev–Trinajstić information content (AvgIpc) is 2.97. The van der Waals surface area contributed by atoms with Gasteiger partial charge in [-0.05, 0) is 35.7 Å². The van der Waals surface area contributed by atoms with Crippen LogP contribution in [0.1, 0.15) is 36.8 Å². The standard InChI is InChI=1S/C20H20F2N4O2S/c1-12(2)18-19(29-16-8-14(21)7-15(22)9-16)26(10-13-3-5-24-6-4-13)17(25-18)11-28-20(23)27/h3-9,12H,10-11H2,1-2H3,(H2,23,27). The number of nitrogens with zero attached hydrogens (tertiary/aromatic N) is 3. The van der Waals surface area contributed by atoms with Gasteiger partial charge < -0.3 is 15.0 Å². The second-order valence-electron chi connectivity index (χ2n) is 6.63. The predicted molar refractivity (Wildman–Crippen MR) is 105 cm³/mol. The summed E-state index contributed by atoms with van der Waals surface area (Å²) in [6.45, 7) is 4.24. The summed E-state index contributed by atoms with van der Waals surface area (Å²) < 4.78 is 34.2. The van der Waals surface area contributed by atoms with Gasteiger partial charge in [-0.15, -0.1) is 0 Å². The van der Waals surface area contributed by atoms with Gasteiger partial charge in [0.2, 0.25) is 0 Å². The highest BCUT2D eigenvalue weighted by atomic mass is 32.2. The number of rotatable bonds is 7. The molecule has 29 heavy (non-hydrogen) atoms. The first-order valence-electron chi connectivity index (χ1n) is 8.88. The zero-order valence-electron chi connectivity index (χ0n) is 15.9. The van der Waals surface area contributed by atoms with Crippen LogP contribution in [0, 0.1) is 11.6 Å². The maximum absolute atomic E-state index is 13.7. The molecule has 0 fully saturated rings. The van der Waals surface area contributed by atoms with E-state index in [1.54, 1.807) is 12.4 Å². The van der Waals surface area contributed by atoms with E-state index in [4.69, 9.17) is 10.5 Å². The molecule has 0 spiro atoms. The Morgan fingerprint density at radius 3 is 2.45 bits per heavy atom. The molecule has 1 aromatic carbocycles. The van der Waals surface area contributed by atoms with E-state index >= 15 is 0 Å². The number of primary amides is 1. The number of pyridine rings is 1. The maximum atomic E-state index is 13.7. The molecular weight excluding hydrogens is 398 g/mol. The predicted octanol–water partition coefficient (Wildman–Crippen LogP) is 4.47. The van der Waals surface area contributed by atoms with Crippen molar-refractivity contribution in [2.45, 2.75) is 42.8 Å². The van der Waals surface area contributed by atoms with E-state index in [-0.39, 0.29) is 12.5 Å². The molecule has 0 bridgehead atoms. The number of halogens is 2. The van der Waals surface area contributed by atoms with Crippen molar-refractivity contribution in [3.63, 3.8) is 0 Å². The van der Waals surface area contributed by atoms with Crippen molar-refractivity contribution >= 4 is 17.9 Å². The van der Waals surface area contributed by atoms with Crippen molar-refractivity contribution in [2.24, 2.45) is 5.73 Å². The molecule has 1 amide bonds. The number of carbonyl (C=O) groups is 1. The fourth-order valence-electron chi connectivity index (χ4n) is 2.76. The first-order chi connectivity index (χ1) is 13.8. The minimum atomic E-state index is -0.907. The Labute approximate surface area is 171 Å². The summed E-state index contributed by atoms with van der Waals surface area (Å²) in [6, 6.07) is 7.06. The molecule has 6 nitrogen and oxygen atoms in total. The molecule has 9 heteroatoms. The number of amides is 1. The van der Waals surface area contributed by atoms with E-state index < -0.39 is 17.7 Å². The van der Waals surface area contributed by atoms with Crippen molar-refractivity contribution in [2.75, 3.05) is 0 Å². The molecule has 0 saturated heterocycles. The molecule has 3 aromatic rings. The zero-order chi connectivity index (χ0) is 21.0. The zero-order valence-corrected chi connectivity index (χ0v) is 16.7. The number of imidazole rings is 1. The second kappa shape index (κ2) is 9.04. The number of hydrogen-bond donors (Lipinski definition) is 1. The highest BCUT2D eigenvalue weighted by Crippen LogP contribution is 2.36. The van der Waals surface area contributed by atoms with Gasteiger partial charge >= 0.3 is 6.09 Å². The van der Waals surface area contributed by atoms with Gasteiger partial charge in [-0.1, -0.05) is 25.6 Å². The summed E-state index contributed by atoms with van der Waals surface area (Å²) in [4.78, 5) is 20.1. The molecule has 0 atom stereocenters. The molecule has 2 aromatic heterocycles. The average molecular weight is 418 g/mol. The quantitative estimate of drug-likeness (QED) is 0.612. The van der Waals surface area contributed by atoms with E-state index in [2.05, 4.69) is 9.97 Å². The van der Waals surface area contributed by atoms with Crippen LogP contribution in [-0.4, -0.2) is 20.6 Å². The van der Waals surface area contributed by atoms with Crippen molar-refractivity contribution in [3.8, 4) is 0 Å². The summed E-state index contributed by atoms with van der Waals surface area (Å²) in [5.41, 5.74) is 6.79. The van der Waals surface area contributed by atoms with Gasteiger partial charge in [0, 0.05) is 23.4 Å². The summed E-state index contributed by atoms with van der Waals surface area (Å²) in [7, 11) is 0. The summed E-state index contributed by atoms with van der Waals surface area (Å²) >= 11 is 1.20. The minimum Gasteiger partial charge on any atom is -0.442 e. The first kappa shape index (κ1) is 20.8. The highest BCUT2D eigenvalue weighted by Gasteiger charge is 2.22. The Bertz CT molecular complexity index is 989. The largest absolute Gasteiger partial charge is 0.442 e. The Kier molecular flexibility index (Phi) is 6.48. The Morgan fingerprint density at radius 2 is 1.86 bits per heavy atom. The van der Waals surface area contributed by atoms with Crippen LogP contribution in [0.2, 0.25) is 0 Å². The lowest BCUT2D eigenvalue weighted by Gasteiger charge is -2.13. The van der Waals surface area contributed by atoms with Gasteiger partial charge in [-0.2, -0.15) is 0 Å². The summed E-state index contributed by atoms with van der Waals surface area (Å²) in [5.74, 6) is -0.794. The van der Waals surface area contributed by atoms with Crippen LogP contribution in [0.25, 0.3) is 0 Å². The Balaban J connectivity index is 2.08. The van der Waals surface area contributed by atoms with Crippen molar-refractivity contribution in [1.82, 2.24) is 14.5 Å². The SMILES string of the molecule is CC(C)c1nc(COC(N)=O)n(Cc2ccncc2)c1Sc1cc(F)cc(F)c1. The van der Waals surface area contributed by atoms with Crippen LogP contribution in [-0.2, 0) is 17.9 Å². The van der Waals surface area contributed by atoms with Crippen LogP contribution < -0.4 is 5.73 Å². The van der Waals surface area contributed by atoms with Gasteiger partial charge in [0.1, 0.15) is 22.5 Å². The number of ether oxygens (including phenoxy) is 1. The Morgan fingerprint density at radius 1 is 1.21 bits per heavy atom. The molecule has 0 saturated carbocycles. The smallest absolute Gasteiger partial charge is 0.404 e. The van der Waals surface area contributed by atoms with Crippen LogP contribution >= 0.6 is 11.8 Å². The first-order valence-corrected chi connectivity index (χ1v) is 9.69. The third-order valence-electron chi connectivity index (χ3n) is 4.06. The fraction of sp³-hybridized carbons (Fsp3) is 0.250. The van der Waals surface area contributed by atoms with Gasteiger partial charge in [0.25, 0.3) is 0 Å². The van der Waals surface area contributed by atoms with Crippen molar-refractivity contribution in [1.29, 1.82) is 0 Å². The van der Waals surface area contributed by atoms with E-state index in [1.165, 1.54) is 23.9 Å². The van der Waals surface area contributed by atoms with Gasteiger partial charge in [-0.25, -0.2) is 18.6 Å². The van der Waals surface area contributed by atoms with Crippen LogP contribution in [0.3, 0.4) is 0 Å².